The lowest BCUT2D eigenvalue weighted by molar-refractivity contribution is -0.274. The highest BCUT2D eigenvalue weighted by Crippen LogP contribution is 2.29. The Bertz CT molecular complexity index is 577. The van der Waals surface area contributed by atoms with Gasteiger partial charge in [-0.25, -0.2) is 8.42 Å². The van der Waals surface area contributed by atoms with Crippen molar-refractivity contribution >= 4 is 15.5 Å². The van der Waals surface area contributed by atoms with Crippen LogP contribution in [0.15, 0.2) is 24.3 Å². The van der Waals surface area contributed by atoms with Crippen LogP contribution >= 0.6 is 0 Å². The van der Waals surface area contributed by atoms with Crippen LogP contribution in [0.2, 0.25) is 0 Å². The fourth-order valence-corrected chi connectivity index (χ4v) is 2.44. The molecule has 0 aliphatic carbocycles. The molecule has 120 valence electrons. The molecule has 0 spiro atoms. The first kappa shape index (κ1) is 17.6. The highest BCUT2D eigenvalue weighted by Gasteiger charge is 2.32. The summed E-state index contributed by atoms with van der Waals surface area (Å²) in [7, 11) is -3.34. The summed E-state index contributed by atoms with van der Waals surface area (Å²) < 4.78 is 63.5. The first-order chi connectivity index (χ1) is 9.42. The number of anilines is 1. The van der Waals surface area contributed by atoms with Crippen molar-refractivity contribution in [2.45, 2.75) is 31.9 Å². The van der Waals surface area contributed by atoms with Crippen molar-refractivity contribution in [3.63, 3.8) is 0 Å². The predicted octanol–water partition coefficient (Wildman–Crippen LogP) is 3.21. The van der Waals surface area contributed by atoms with Crippen molar-refractivity contribution < 1.29 is 26.3 Å². The largest absolute Gasteiger partial charge is 0.573 e. The third kappa shape index (κ3) is 5.45. The molecule has 0 heterocycles. The first-order valence-corrected chi connectivity index (χ1v) is 7.88. The number of ether oxygens (including phenoxy) is 1. The summed E-state index contributed by atoms with van der Waals surface area (Å²) in [6.45, 7) is 4.72. The fraction of sp³-hybridized carbons (Fsp3) is 0.538. The van der Waals surface area contributed by atoms with Crippen LogP contribution in [-0.2, 0) is 9.84 Å². The van der Waals surface area contributed by atoms with Crippen LogP contribution in [0.3, 0.4) is 0 Å². The quantitative estimate of drug-likeness (QED) is 0.903. The number of rotatable bonds is 5. The highest BCUT2D eigenvalue weighted by molar-refractivity contribution is 7.92. The van der Waals surface area contributed by atoms with E-state index in [1.54, 1.807) is 20.8 Å². The Morgan fingerprint density at radius 1 is 1.14 bits per heavy atom. The topological polar surface area (TPSA) is 55.4 Å². The fourth-order valence-electron chi connectivity index (χ4n) is 1.45. The van der Waals surface area contributed by atoms with E-state index in [-0.39, 0.29) is 18.0 Å². The average Bonchev–Trinajstić information content (AvgIpc) is 2.27. The molecular formula is C13H18F3NO3S. The van der Waals surface area contributed by atoms with Crippen molar-refractivity contribution in [2.75, 3.05) is 17.6 Å². The number of alkyl halides is 3. The summed E-state index contributed by atoms with van der Waals surface area (Å²) in [5.74, 6) is -0.574. The van der Waals surface area contributed by atoms with Crippen molar-refractivity contribution in [3.8, 4) is 5.75 Å². The van der Waals surface area contributed by atoms with Gasteiger partial charge in [0.2, 0.25) is 0 Å². The van der Waals surface area contributed by atoms with Gasteiger partial charge in [0.05, 0.1) is 16.2 Å². The van der Waals surface area contributed by atoms with Crippen molar-refractivity contribution in [1.82, 2.24) is 0 Å². The molecule has 1 aromatic rings. The zero-order valence-corrected chi connectivity index (χ0v) is 12.8. The van der Waals surface area contributed by atoms with E-state index < -0.39 is 26.7 Å². The molecule has 0 atom stereocenters. The molecule has 0 saturated carbocycles. The molecule has 0 bridgehead atoms. The molecule has 8 heteroatoms. The molecular weight excluding hydrogens is 307 g/mol. The van der Waals surface area contributed by atoms with Crippen LogP contribution in [-0.4, -0.2) is 31.8 Å². The summed E-state index contributed by atoms with van der Waals surface area (Å²) in [5.41, 5.74) is 0.0962. The summed E-state index contributed by atoms with van der Waals surface area (Å²) in [6, 6.07) is 5.49. The molecule has 1 rings (SSSR count). The van der Waals surface area contributed by atoms with Gasteiger partial charge in [0, 0.05) is 6.54 Å². The molecule has 1 aromatic carbocycles. The van der Waals surface area contributed by atoms with Crippen LogP contribution < -0.4 is 10.1 Å². The molecule has 0 aliphatic heterocycles. The Kier molecular flexibility index (Phi) is 5.14. The van der Waals surface area contributed by atoms with E-state index in [1.807, 2.05) is 0 Å². The first-order valence-electron chi connectivity index (χ1n) is 6.23. The predicted molar refractivity (Wildman–Crippen MR) is 75.2 cm³/mol. The van der Waals surface area contributed by atoms with Gasteiger partial charge in [-0.05, 0) is 32.9 Å². The lowest BCUT2D eigenvalue weighted by Crippen LogP contribution is -2.33. The number of halogens is 3. The Hall–Kier alpha value is -1.44. The normalized spacial score (nSPS) is 13.0. The molecule has 0 unspecified atom stereocenters. The summed E-state index contributed by atoms with van der Waals surface area (Å²) >= 11 is 0. The van der Waals surface area contributed by atoms with Gasteiger partial charge in [-0.1, -0.05) is 12.1 Å². The maximum atomic E-state index is 12.2. The molecule has 4 nitrogen and oxygen atoms in total. The average molecular weight is 325 g/mol. The molecule has 0 saturated heterocycles. The van der Waals surface area contributed by atoms with Crippen molar-refractivity contribution in [3.05, 3.63) is 24.3 Å². The number of sulfone groups is 1. The Balaban J connectivity index is 2.73. The number of benzene rings is 1. The second kappa shape index (κ2) is 6.13. The number of nitrogens with one attached hydrogen (secondary N) is 1. The van der Waals surface area contributed by atoms with E-state index in [0.29, 0.717) is 0 Å². The molecule has 1 N–H and O–H groups in total. The SMILES string of the molecule is CC(C)(C)S(=O)(=O)CCNc1ccccc1OC(F)(F)F. The minimum Gasteiger partial charge on any atom is -0.404 e. The van der Waals surface area contributed by atoms with Gasteiger partial charge >= 0.3 is 6.36 Å². The van der Waals surface area contributed by atoms with Crippen LogP contribution in [0.25, 0.3) is 0 Å². The lowest BCUT2D eigenvalue weighted by Gasteiger charge is -2.20. The van der Waals surface area contributed by atoms with Gasteiger partial charge in [0.25, 0.3) is 0 Å². The molecule has 0 aliphatic rings. The highest BCUT2D eigenvalue weighted by atomic mass is 32.2. The standard InChI is InChI=1S/C13H18F3NO3S/c1-12(2,3)21(18,19)9-8-17-10-6-4-5-7-11(10)20-13(14,15)16/h4-7,17H,8-9H2,1-3H3. The second-order valence-corrected chi connectivity index (χ2v) is 8.26. The van der Waals surface area contributed by atoms with E-state index in [0.717, 1.165) is 6.07 Å². The maximum Gasteiger partial charge on any atom is 0.573 e. The van der Waals surface area contributed by atoms with Gasteiger partial charge in [0.1, 0.15) is 0 Å². The van der Waals surface area contributed by atoms with Crippen molar-refractivity contribution in [2.24, 2.45) is 0 Å². The van der Waals surface area contributed by atoms with Gasteiger partial charge in [-0.3, -0.25) is 0 Å². The second-order valence-electron chi connectivity index (χ2n) is 5.40. The van der Waals surface area contributed by atoms with E-state index in [2.05, 4.69) is 10.1 Å². The number of hydrogen-bond acceptors (Lipinski definition) is 4. The van der Waals surface area contributed by atoms with E-state index >= 15 is 0 Å². The van der Waals surface area contributed by atoms with Gasteiger partial charge in [-0.15, -0.1) is 13.2 Å². The lowest BCUT2D eigenvalue weighted by atomic mass is 10.3. The van der Waals surface area contributed by atoms with Gasteiger partial charge < -0.3 is 10.1 Å². The maximum absolute atomic E-state index is 12.2. The van der Waals surface area contributed by atoms with Crippen molar-refractivity contribution in [1.29, 1.82) is 0 Å². The summed E-state index contributed by atoms with van der Waals surface area (Å²) in [4.78, 5) is 0. The molecule has 0 radical (unpaired) electrons. The van der Waals surface area contributed by atoms with Crippen LogP contribution in [0.5, 0.6) is 5.75 Å². The van der Waals surface area contributed by atoms with E-state index in [1.165, 1.54) is 18.2 Å². The van der Waals surface area contributed by atoms with E-state index in [9.17, 15) is 21.6 Å². The Morgan fingerprint density at radius 2 is 1.71 bits per heavy atom. The molecule has 21 heavy (non-hydrogen) atoms. The minimum absolute atomic E-state index is 0.00215. The summed E-state index contributed by atoms with van der Waals surface area (Å²) in [5, 5.41) is 2.66. The number of para-hydroxylation sites is 2. The Morgan fingerprint density at radius 3 is 2.24 bits per heavy atom. The molecule has 0 aromatic heterocycles. The monoisotopic (exact) mass is 325 g/mol. The summed E-state index contributed by atoms with van der Waals surface area (Å²) in [6.07, 6.45) is -4.80. The Labute approximate surface area is 122 Å². The zero-order valence-electron chi connectivity index (χ0n) is 12.0. The smallest absolute Gasteiger partial charge is 0.404 e. The molecule has 0 fully saturated rings. The van der Waals surface area contributed by atoms with Gasteiger partial charge in [-0.2, -0.15) is 0 Å². The third-order valence-electron chi connectivity index (χ3n) is 2.73. The van der Waals surface area contributed by atoms with Gasteiger partial charge in [0.15, 0.2) is 15.6 Å². The molecule has 0 amide bonds. The zero-order chi connectivity index (χ0) is 16.3. The van der Waals surface area contributed by atoms with Crippen LogP contribution in [0.4, 0.5) is 18.9 Å². The minimum atomic E-state index is -4.80. The van der Waals surface area contributed by atoms with Crippen LogP contribution in [0, 0.1) is 0 Å². The van der Waals surface area contributed by atoms with Crippen LogP contribution in [0.1, 0.15) is 20.8 Å². The third-order valence-corrected chi connectivity index (χ3v) is 5.34. The number of hydrogen-bond donors (Lipinski definition) is 1. The van der Waals surface area contributed by atoms with E-state index in [4.69, 9.17) is 0 Å².